The molecule has 0 bridgehead atoms. The number of fused-ring (bicyclic) bond motifs is 1. The molecule has 0 saturated carbocycles. The van der Waals surface area contributed by atoms with E-state index in [1.807, 2.05) is 12.1 Å². The van der Waals surface area contributed by atoms with Crippen molar-refractivity contribution in [1.29, 1.82) is 0 Å². The minimum absolute atomic E-state index is 0. The second-order valence-corrected chi connectivity index (χ2v) is 11.3. The van der Waals surface area contributed by atoms with Gasteiger partial charge in [-0.25, -0.2) is 8.42 Å². The largest absolute Gasteiger partial charge is 1.00 e. The van der Waals surface area contributed by atoms with Gasteiger partial charge in [0.15, 0.2) is 0 Å². The molecule has 5 heteroatoms. The Balaban J connectivity index is 0.00000612. The number of unbranched alkanes of at least 4 members (excludes halogenated alkanes) is 14. The van der Waals surface area contributed by atoms with E-state index in [0.29, 0.717) is 6.42 Å². The zero-order valence-corrected chi connectivity index (χ0v) is 25.6. The van der Waals surface area contributed by atoms with Gasteiger partial charge in [-0.1, -0.05) is 128 Å². The molecule has 0 N–H and O–H groups in total. The third-order valence-electron chi connectivity index (χ3n) is 7.05. The molecule has 0 aliphatic rings. The zero-order valence-electron chi connectivity index (χ0n) is 22.7. The van der Waals surface area contributed by atoms with E-state index in [4.69, 9.17) is 0 Å². The van der Waals surface area contributed by atoms with E-state index < -0.39 is 10.1 Å². The van der Waals surface area contributed by atoms with Crippen LogP contribution in [0.3, 0.4) is 0 Å². The first-order valence-corrected chi connectivity index (χ1v) is 15.4. The number of aryl methyl sites for hydroxylation is 2. The molecule has 0 spiro atoms. The molecule has 35 heavy (non-hydrogen) atoms. The molecule has 0 radical (unpaired) electrons. The third kappa shape index (κ3) is 12.1. The summed E-state index contributed by atoms with van der Waals surface area (Å²) in [5.41, 5.74) is 1.96. The summed E-state index contributed by atoms with van der Waals surface area (Å²) in [6.07, 6.45) is 21.4. The molecule has 0 saturated heterocycles. The van der Waals surface area contributed by atoms with E-state index in [2.05, 4.69) is 26.0 Å². The predicted octanol–water partition coefficient (Wildman–Crippen LogP) is 6.11. The van der Waals surface area contributed by atoms with Gasteiger partial charge in [0.1, 0.15) is 10.1 Å². The molecule has 2 rings (SSSR count). The maximum absolute atomic E-state index is 12.1. The normalized spacial score (nSPS) is 11.6. The second kappa shape index (κ2) is 18.8. The monoisotopic (exact) mass is 510 g/mol. The van der Waals surface area contributed by atoms with Crippen LogP contribution in [0.4, 0.5) is 0 Å². The van der Waals surface area contributed by atoms with Crippen LogP contribution in [-0.2, 0) is 23.0 Å². The van der Waals surface area contributed by atoms with Crippen LogP contribution in [0.1, 0.15) is 128 Å². The van der Waals surface area contributed by atoms with E-state index in [0.717, 1.165) is 42.0 Å². The first kappa shape index (κ1) is 32.6. The number of hydrogen-bond donors (Lipinski definition) is 0. The van der Waals surface area contributed by atoms with E-state index in [1.165, 1.54) is 95.1 Å². The first-order chi connectivity index (χ1) is 16.5. The quantitative estimate of drug-likeness (QED) is 0.130. The van der Waals surface area contributed by atoms with Crippen LogP contribution < -0.4 is 29.6 Å². The summed E-state index contributed by atoms with van der Waals surface area (Å²) < 4.78 is 36.3. The van der Waals surface area contributed by atoms with Gasteiger partial charge in [-0.3, -0.25) is 0 Å². The van der Waals surface area contributed by atoms with Crippen molar-refractivity contribution in [2.45, 2.75) is 134 Å². The van der Waals surface area contributed by atoms with Crippen LogP contribution in [0.5, 0.6) is 0 Å². The van der Waals surface area contributed by atoms with E-state index in [9.17, 15) is 13.0 Å². The molecule has 0 fully saturated rings. The second-order valence-electron chi connectivity index (χ2n) is 9.96. The zero-order chi connectivity index (χ0) is 24.7. The molecule has 0 aliphatic carbocycles. The van der Waals surface area contributed by atoms with Gasteiger partial charge in [0.25, 0.3) is 0 Å². The summed E-state index contributed by atoms with van der Waals surface area (Å²) in [6, 6.07) is 9.58. The average Bonchev–Trinajstić information content (AvgIpc) is 2.81. The molecule has 3 nitrogen and oxygen atoms in total. The Morgan fingerprint density at radius 1 is 0.629 bits per heavy atom. The van der Waals surface area contributed by atoms with Crippen molar-refractivity contribution in [2.24, 2.45) is 0 Å². The average molecular weight is 511 g/mol. The van der Waals surface area contributed by atoms with Crippen molar-refractivity contribution in [3.8, 4) is 0 Å². The Labute approximate surface area is 237 Å². The van der Waals surface area contributed by atoms with Crippen molar-refractivity contribution >= 4 is 20.9 Å². The molecule has 2 aromatic carbocycles. The Hall–Kier alpha value is -0.390. The summed E-state index contributed by atoms with van der Waals surface area (Å²) in [5, 5.41) is 2.07. The summed E-state index contributed by atoms with van der Waals surface area (Å²) in [6.45, 7) is 4.48. The van der Waals surface area contributed by atoms with E-state index in [-0.39, 0.29) is 34.5 Å². The molecular weight excluding hydrogens is 463 g/mol. The fourth-order valence-corrected chi connectivity index (χ4v) is 5.83. The molecule has 0 heterocycles. The van der Waals surface area contributed by atoms with E-state index >= 15 is 0 Å². The molecule has 0 unspecified atom stereocenters. The van der Waals surface area contributed by atoms with Crippen molar-refractivity contribution in [3.05, 3.63) is 41.5 Å². The van der Waals surface area contributed by atoms with Gasteiger partial charge >= 0.3 is 29.6 Å². The van der Waals surface area contributed by atoms with Gasteiger partial charge in [0.2, 0.25) is 0 Å². The number of hydrogen-bond acceptors (Lipinski definition) is 3. The molecule has 192 valence electrons. The van der Waals surface area contributed by atoms with Crippen molar-refractivity contribution in [1.82, 2.24) is 0 Å². The molecular formula is C30H47NaO3S. The molecule has 0 aliphatic heterocycles. The van der Waals surface area contributed by atoms with Crippen LogP contribution in [0.25, 0.3) is 10.8 Å². The Morgan fingerprint density at radius 2 is 1.11 bits per heavy atom. The van der Waals surface area contributed by atoms with Crippen LogP contribution >= 0.6 is 0 Å². The predicted molar refractivity (Wildman–Crippen MR) is 145 cm³/mol. The minimum atomic E-state index is -4.49. The number of benzene rings is 2. The van der Waals surface area contributed by atoms with Gasteiger partial charge in [-0.05, 0) is 53.6 Å². The summed E-state index contributed by atoms with van der Waals surface area (Å²) in [4.78, 5) is -0.00804. The fraction of sp³-hybridized carbons (Fsp3) is 0.667. The maximum atomic E-state index is 12.1. The molecule has 2 aromatic rings. The van der Waals surface area contributed by atoms with Crippen LogP contribution in [0.2, 0.25) is 0 Å². The SMILES string of the molecule is CCCCCCCCCCc1cccc2ccc(S(=O)(=O)[O-])c(CCCCCCCCCC)c12.[Na+]. The van der Waals surface area contributed by atoms with Gasteiger partial charge in [0, 0.05) is 0 Å². The Morgan fingerprint density at radius 3 is 1.63 bits per heavy atom. The smallest absolute Gasteiger partial charge is 0.744 e. The molecule has 0 atom stereocenters. The number of rotatable bonds is 19. The third-order valence-corrected chi connectivity index (χ3v) is 7.97. The first-order valence-electron chi connectivity index (χ1n) is 14.0. The van der Waals surface area contributed by atoms with Crippen LogP contribution in [-0.4, -0.2) is 13.0 Å². The van der Waals surface area contributed by atoms with Gasteiger partial charge < -0.3 is 4.55 Å². The summed E-state index contributed by atoms with van der Waals surface area (Å²) in [7, 11) is -4.49. The van der Waals surface area contributed by atoms with E-state index in [1.54, 1.807) is 0 Å². The molecule has 0 amide bonds. The van der Waals surface area contributed by atoms with Crippen LogP contribution in [0.15, 0.2) is 35.2 Å². The maximum Gasteiger partial charge on any atom is 1.00 e. The van der Waals surface area contributed by atoms with Gasteiger partial charge in [-0.2, -0.15) is 0 Å². The van der Waals surface area contributed by atoms with Crippen molar-refractivity contribution in [3.63, 3.8) is 0 Å². The minimum Gasteiger partial charge on any atom is -0.744 e. The van der Waals surface area contributed by atoms with Crippen molar-refractivity contribution in [2.75, 3.05) is 0 Å². The standard InChI is InChI=1S/C30H48O3S.Na/c1-3-5-7-9-11-13-15-17-20-26-21-19-22-27-24-25-29(34(31,32)33)28(30(26)27)23-18-16-14-12-10-8-6-4-2;/h19,21-22,24-25H,3-18,20,23H2,1-2H3,(H,31,32,33);/q;+1/p-1. The Bertz CT molecular complexity index is 940. The Kier molecular flexibility index (Phi) is 17.5. The van der Waals surface area contributed by atoms with Crippen molar-refractivity contribution < 1.29 is 42.5 Å². The fourth-order valence-electron chi connectivity index (χ4n) is 5.09. The summed E-state index contributed by atoms with van der Waals surface area (Å²) in [5.74, 6) is 0. The van der Waals surface area contributed by atoms with Gasteiger partial charge in [-0.15, -0.1) is 0 Å². The topological polar surface area (TPSA) is 57.2 Å². The van der Waals surface area contributed by atoms with Gasteiger partial charge in [0.05, 0.1) is 4.90 Å². The summed E-state index contributed by atoms with van der Waals surface area (Å²) >= 11 is 0. The van der Waals surface area contributed by atoms with Crippen LogP contribution in [0, 0.1) is 0 Å². The molecule has 0 aromatic heterocycles.